The van der Waals surface area contributed by atoms with E-state index < -0.39 is 5.60 Å². The van der Waals surface area contributed by atoms with E-state index in [1.54, 1.807) is 18.2 Å². The maximum atomic E-state index is 12.8. The van der Waals surface area contributed by atoms with Crippen molar-refractivity contribution in [2.24, 2.45) is 4.99 Å². The summed E-state index contributed by atoms with van der Waals surface area (Å²) < 4.78 is 0. The second-order valence-corrected chi connectivity index (χ2v) is 6.14. The Bertz CT molecular complexity index is 842. The number of nitrogen functional groups attached to an aromatic ring is 1. The zero-order valence-electron chi connectivity index (χ0n) is 12.8. The van der Waals surface area contributed by atoms with E-state index in [1.165, 1.54) is 0 Å². The Balaban J connectivity index is 1.85. The Labute approximate surface area is 134 Å². The predicted molar refractivity (Wildman–Crippen MR) is 90.4 cm³/mol. The van der Waals surface area contributed by atoms with E-state index in [0.717, 1.165) is 11.3 Å². The third-order valence-electron chi connectivity index (χ3n) is 4.53. The molecule has 4 rings (SSSR count). The highest BCUT2D eigenvalue weighted by molar-refractivity contribution is 6.28. The Morgan fingerprint density at radius 1 is 1.22 bits per heavy atom. The van der Waals surface area contributed by atoms with Crippen molar-refractivity contribution in [3.05, 3.63) is 53.6 Å². The molecule has 0 aromatic heterocycles. The van der Waals surface area contributed by atoms with Crippen LogP contribution in [0.2, 0.25) is 0 Å². The average Bonchev–Trinajstić information content (AvgIpc) is 2.88. The first kappa shape index (κ1) is 14.0. The van der Waals surface area contributed by atoms with Crippen LogP contribution in [-0.2, 0) is 0 Å². The zero-order valence-corrected chi connectivity index (χ0v) is 12.8. The molecule has 5 nitrogen and oxygen atoms in total. The number of ketones is 1. The zero-order chi connectivity index (χ0) is 16.2. The van der Waals surface area contributed by atoms with Gasteiger partial charge in [-0.2, -0.15) is 0 Å². The minimum Gasteiger partial charge on any atom is -0.399 e. The van der Waals surface area contributed by atoms with Crippen LogP contribution in [0, 0.1) is 6.92 Å². The molecule has 2 aromatic carbocycles. The van der Waals surface area contributed by atoms with E-state index in [1.807, 2.05) is 36.1 Å². The molecule has 2 aliphatic heterocycles. The van der Waals surface area contributed by atoms with Gasteiger partial charge in [0.15, 0.2) is 5.60 Å². The number of hydrogen-bond donors (Lipinski definition) is 2. The molecule has 23 heavy (non-hydrogen) atoms. The van der Waals surface area contributed by atoms with Gasteiger partial charge in [-0.3, -0.25) is 4.79 Å². The number of hydrogen-bond acceptors (Lipinski definition) is 5. The van der Waals surface area contributed by atoms with Gasteiger partial charge in [0.05, 0.1) is 5.69 Å². The summed E-state index contributed by atoms with van der Waals surface area (Å²) in [6, 6.07) is 12.9. The molecule has 0 aliphatic carbocycles. The fourth-order valence-electron chi connectivity index (χ4n) is 3.25. The van der Waals surface area contributed by atoms with E-state index in [2.05, 4.69) is 4.99 Å². The molecule has 0 radical (unpaired) electrons. The summed E-state index contributed by atoms with van der Waals surface area (Å²) in [4.78, 5) is 19.3. The summed E-state index contributed by atoms with van der Waals surface area (Å²) in [7, 11) is 0. The number of anilines is 2. The molecular formula is C18H17N3O2. The molecule has 1 fully saturated rings. The van der Waals surface area contributed by atoms with Crippen LogP contribution < -0.4 is 10.6 Å². The lowest BCUT2D eigenvalue weighted by Crippen LogP contribution is -2.48. The van der Waals surface area contributed by atoms with E-state index >= 15 is 0 Å². The smallest absolute Gasteiger partial charge is 0.204 e. The summed E-state index contributed by atoms with van der Waals surface area (Å²) in [5.74, 6) is 0.141. The van der Waals surface area contributed by atoms with Crippen LogP contribution in [0.15, 0.2) is 47.5 Å². The number of nitrogens with two attached hydrogens (primary N) is 1. The Morgan fingerprint density at radius 2 is 1.96 bits per heavy atom. The molecular weight excluding hydrogens is 290 g/mol. The molecule has 1 saturated heterocycles. The van der Waals surface area contributed by atoms with Crippen LogP contribution in [0.3, 0.4) is 0 Å². The fraction of sp³-hybridized carbons (Fsp3) is 0.222. The molecule has 1 atom stereocenters. The lowest BCUT2D eigenvalue weighted by Gasteiger charge is -2.29. The van der Waals surface area contributed by atoms with E-state index in [4.69, 9.17) is 5.73 Å². The second-order valence-electron chi connectivity index (χ2n) is 6.14. The van der Waals surface area contributed by atoms with Crippen molar-refractivity contribution >= 4 is 28.7 Å². The summed E-state index contributed by atoms with van der Waals surface area (Å²) in [6.07, 6.45) is 0.336. The number of carbonyl (C=O) groups is 1. The van der Waals surface area contributed by atoms with Gasteiger partial charge >= 0.3 is 0 Å². The molecule has 0 spiro atoms. The van der Waals surface area contributed by atoms with Crippen LogP contribution in [0.4, 0.5) is 17.1 Å². The molecule has 0 amide bonds. The highest BCUT2D eigenvalue weighted by Gasteiger charge is 2.52. The number of rotatable bonds is 1. The highest BCUT2D eigenvalue weighted by atomic mass is 16.3. The Hall–Kier alpha value is -2.66. The maximum Gasteiger partial charge on any atom is 0.204 e. The van der Waals surface area contributed by atoms with Crippen LogP contribution in [0.25, 0.3) is 0 Å². The summed E-state index contributed by atoms with van der Waals surface area (Å²) in [6.45, 7) is 2.46. The highest BCUT2D eigenvalue weighted by Crippen LogP contribution is 2.39. The third kappa shape index (κ3) is 1.97. The van der Waals surface area contributed by atoms with E-state index in [9.17, 15) is 9.90 Å². The van der Waals surface area contributed by atoms with E-state index in [0.29, 0.717) is 35.7 Å². The maximum absolute atomic E-state index is 12.8. The van der Waals surface area contributed by atoms with Gasteiger partial charge in [0.1, 0.15) is 5.84 Å². The minimum atomic E-state index is -1.54. The van der Waals surface area contributed by atoms with Gasteiger partial charge < -0.3 is 15.7 Å². The molecule has 3 N–H and O–H groups in total. The van der Waals surface area contributed by atoms with Gasteiger partial charge in [0.25, 0.3) is 0 Å². The van der Waals surface area contributed by atoms with Crippen molar-refractivity contribution in [3.8, 4) is 0 Å². The SMILES string of the molecule is Cc1ccc2c(c1)C(=O)C1(O)CCN(c3ccc(N)cc3)C1=N2. The first-order valence-corrected chi connectivity index (χ1v) is 7.59. The number of aliphatic hydroxyl groups is 1. The minimum absolute atomic E-state index is 0.265. The predicted octanol–water partition coefficient (Wildman–Crippen LogP) is 2.44. The number of Topliss-reactive ketones (excluding diaryl/α,β-unsaturated/α-hetero) is 1. The van der Waals surface area contributed by atoms with Crippen molar-refractivity contribution in [1.82, 2.24) is 0 Å². The van der Waals surface area contributed by atoms with Gasteiger partial charge in [-0.1, -0.05) is 11.6 Å². The topological polar surface area (TPSA) is 78.9 Å². The number of benzene rings is 2. The lowest BCUT2D eigenvalue weighted by atomic mass is 9.87. The number of fused-ring (bicyclic) bond motifs is 2. The van der Waals surface area contributed by atoms with Crippen molar-refractivity contribution in [1.29, 1.82) is 0 Å². The number of amidine groups is 1. The van der Waals surface area contributed by atoms with Gasteiger partial charge in [0, 0.05) is 29.9 Å². The largest absolute Gasteiger partial charge is 0.399 e. The average molecular weight is 307 g/mol. The third-order valence-corrected chi connectivity index (χ3v) is 4.53. The van der Waals surface area contributed by atoms with Crippen LogP contribution >= 0.6 is 0 Å². The molecule has 2 aromatic rings. The van der Waals surface area contributed by atoms with Crippen molar-refractivity contribution < 1.29 is 9.90 Å². The van der Waals surface area contributed by atoms with Crippen molar-refractivity contribution in [3.63, 3.8) is 0 Å². The van der Waals surface area contributed by atoms with Crippen LogP contribution in [0.1, 0.15) is 22.3 Å². The normalized spacial score (nSPS) is 22.6. The number of aliphatic imine (C=N–C) groups is 1. The number of carbonyl (C=O) groups excluding carboxylic acids is 1. The molecule has 0 saturated carbocycles. The summed E-state index contributed by atoms with van der Waals surface area (Å²) in [5, 5.41) is 11.0. The van der Waals surface area contributed by atoms with Gasteiger partial charge in [-0.05, 0) is 43.3 Å². The summed E-state index contributed by atoms with van der Waals surface area (Å²) in [5.41, 5.74) is 7.82. The second kappa shape index (κ2) is 4.67. The van der Waals surface area contributed by atoms with Crippen LogP contribution in [-0.4, -0.2) is 28.9 Å². The standard InChI is InChI=1S/C18H17N3O2/c1-11-2-7-15-14(10-11)16(22)18(23)8-9-21(17(18)20-15)13-5-3-12(19)4-6-13/h2-7,10,23H,8-9,19H2,1H3. The molecule has 2 heterocycles. The van der Waals surface area contributed by atoms with Gasteiger partial charge in [-0.15, -0.1) is 0 Å². The first-order chi connectivity index (χ1) is 11.0. The molecule has 0 bridgehead atoms. The Kier molecular flexibility index (Phi) is 2.83. The molecule has 2 aliphatic rings. The quantitative estimate of drug-likeness (QED) is 0.793. The molecule has 1 unspecified atom stereocenters. The van der Waals surface area contributed by atoms with Crippen LogP contribution in [0.5, 0.6) is 0 Å². The van der Waals surface area contributed by atoms with Gasteiger partial charge in [0.2, 0.25) is 5.78 Å². The van der Waals surface area contributed by atoms with Crippen molar-refractivity contribution in [2.75, 3.05) is 17.2 Å². The summed E-state index contributed by atoms with van der Waals surface area (Å²) >= 11 is 0. The Morgan fingerprint density at radius 3 is 2.70 bits per heavy atom. The number of nitrogens with zero attached hydrogens (tertiary/aromatic N) is 2. The van der Waals surface area contributed by atoms with Crippen molar-refractivity contribution in [2.45, 2.75) is 18.9 Å². The lowest BCUT2D eigenvalue weighted by molar-refractivity contribution is 0.0602. The number of aryl methyl sites for hydroxylation is 1. The first-order valence-electron chi connectivity index (χ1n) is 7.59. The monoisotopic (exact) mass is 307 g/mol. The van der Waals surface area contributed by atoms with Gasteiger partial charge in [-0.25, -0.2) is 4.99 Å². The fourth-order valence-corrected chi connectivity index (χ4v) is 3.25. The molecule has 5 heteroatoms. The van der Waals surface area contributed by atoms with E-state index in [-0.39, 0.29) is 5.78 Å². The molecule has 116 valence electrons.